The minimum atomic E-state index is -2.26. The van der Waals surface area contributed by atoms with Crippen LogP contribution in [0.1, 0.15) is 40.2 Å². The quantitative estimate of drug-likeness (QED) is 0.210. The number of carbonyl (C=O) groups excluding carboxylic acids is 1. The number of fused-ring (bicyclic) bond motifs is 1. The number of benzene rings is 1. The standard InChI is InChI=1S/C23H32N2O7S2Si/c1-8-34(31)21-18(20(27)28)24-19(26)17(14(2)32-35(6,7)22(3,4)5)23(24,33-21)13-15-9-11-16(12-10-15)25(29)30/h9-12,14,17H,8,13H2,1-7H3,(H,27,28)/t14-,17+,23-,34?/m1/s1. The van der Waals surface area contributed by atoms with Crippen molar-refractivity contribution >= 4 is 48.4 Å². The van der Waals surface area contributed by atoms with Crippen LogP contribution in [0.3, 0.4) is 0 Å². The fraction of sp³-hybridized carbons (Fsp3) is 0.565. The van der Waals surface area contributed by atoms with Crippen LogP contribution in [0, 0.1) is 16.0 Å². The van der Waals surface area contributed by atoms with E-state index in [0.29, 0.717) is 5.56 Å². The lowest BCUT2D eigenvalue weighted by Gasteiger charge is -2.56. The Labute approximate surface area is 213 Å². The van der Waals surface area contributed by atoms with Gasteiger partial charge in [0, 0.05) is 24.3 Å². The molecule has 2 heterocycles. The first-order valence-corrected chi connectivity index (χ1v) is 16.4. The number of non-ortho nitro benzene ring substituents is 1. The third kappa shape index (κ3) is 4.73. The van der Waals surface area contributed by atoms with E-state index in [1.807, 2.05) is 6.92 Å². The molecule has 0 aromatic heterocycles. The summed E-state index contributed by atoms with van der Waals surface area (Å²) < 4.78 is 19.6. The number of nitro benzene ring substituents is 1. The summed E-state index contributed by atoms with van der Waals surface area (Å²) in [7, 11) is -3.84. The third-order valence-electron chi connectivity index (χ3n) is 7.07. The van der Waals surface area contributed by atoms with Crippen LogP contribution in [0.5, 0.6) is 0 Å². The van der Waals surface area contributed by atoms with Gasteiger partial charge in [-0.25, -0.2) is 4.79 Å². The van der Waals surface area contributed by atoms with Crippen molar-refractivity contribution in [3.05, 3.63) is 49.9 Å². The van der Waals surface area contributed by atoms with Crippen molar-refractivity contribution in [3.63, 3.8) is 0 Å². The van der Waals surface area contributed by atoms with Crippen LogP contribution >= 0.6 is 11.8 Å². The fourth-order valence-electron chi connectivity index (χ4n) is 4.30. The third-order valence-corrected chi connectivity index (χ3v) is 14.9. The Hall–Kier alpha value is -2.02. The Morgan fingerprint density at radius 1 is 1.34 bits per heavy atom. The number of aliphatic carboxylic acids is 1. The van der Waals surface area contributed by atoms with E-state index in [9.17, 15) is 29.0 Å². The Morgan fingerprint density at radius 3 is 2.37 bits per heavy atom. The maximum Gasteiger partial charge on any atom is 0.354 e. The van der Waals surface area contributed by atoms with Gasteiger partial charge >= 0.3 is 5.97 Å². The molecule has 2 aliphatic rings. The van der Waals surface area contributed by atoms with Crippen LogP contribution in [-0.4, -0.2) is 56.1 Å². The Kier molecular flexibility index (Phi) is 7.44. The topological polar surface area (TPSA) is 127 Å². The first-order chi connectivity index (χ1) is 16.1. The second kappa shape index (κ2) is 9.45. The predicted molar refractivity (Wildman–Crippen MR) is 139 cm³/mol. The van der Waals surface area contributed by atoms with Crippen molar-refractivity contribution in [2.45, 2.75) is 70.1 Å². The summed E-state index contributed by atoms with van der Waals surface area (Å²) in [6.45, 7) is 14.0. The molecule has 192 valence electrons. The van der Waals surface area contributed by atoms with Gasteiger partial charge in [-0.2, -0.15) is 0 Å². The highest BCUT2D eigenvalue weighted by atomic mass is 32.2. The van der Waals surface area contributed by atoms with Crippen molar-refractivity contribution in [1.29, 1.82) is 0 Å². The van der Waals surface area contributed by atoms with Crippen LogP contribution < -0.4 is 0 Å². The number of rotatable bonds is 9. The van der Waals surface area contributed by atoms with Gasteiger partial charge in [-0.3, -0.25) is 24.0 Å². The van der Waals surface area contributed by atoms with Crippen LogP contribution in [0.4, 0.5) is 5.69 Å². The summed E-state index contributed by atoms with van der Waals surface area (Å²) in [5.74, 6) is -2.12. The summed E-state index contributed by atoms with van der Waals surface area (Å²) in [6, 6.07) is 6.00. The van der Waals surface area contributed by atoms with E-state index in [2.05, 4.69) is 33.9 Å². The highest BCUT2D eigenvalue weighted by Gasteiger charge is 2.69. The van der Waals surface area contributed by atoms with Crippen molar-refractivity contribution < 1.29 is 28.3 Å². The molecule has 12 heteroatoms. The predicted octanol–water partition coefficient (Wildman–Crippen LogP) is 4.47. The molecule has 1 amide bonds. The second-order valence-electron chi connectivity index (χ2n) is 10.4. The molecule has 1 aromatic rings. The molecular formula is C23H32N2O7S2Si. The SMILES string of the molecule is CCS(=O)C1=C(C(=O)O)N2C(=O)[C@H]([C@@H](C)O[Si](C)(C)C(C)(C)C)[C@@]2(Cc2ccc([N+](=O)[O-])cc2)S1. The summed E-state index contributed by atoms with van der Waals surface area (Å²) >= 11 is 1.16. The monoisotopic (exact) mass is 540 g/mol. The van der Waals surface area contributed by atoms with Gasteiger partial charge in [0.15, 0.2) is 14.0 Å². The van der Waals surface area contributed by atoms with Gasteiger partial charge in [0.05, 0.1) is 27.7 Å². The number of amides is 1. The molecule has 1 unspecified atom stereocenters. The first-order valence-electron chi connectivity index (χ1n) is 11.4. The summed E-state index contributed by atoms with van der Waals surface area (Å²) in [6.07, 6.45) is -0.270. The van der Waals surface area contributed by atoms with E-state index in [0.717, 1.165) is 11.8 Å². The average Bonchev–Trinajstić information content (AvgIpc) is 3.03. The number of carboxylic acids is 1. The number of thioether (sulfide) groups is 1. The highest BCUT2D eigenvalue weighted by Crippen LogP contribution is 2.61. The van der Waals surface area contributed by atoms with Crippen LogP contribution in [0.2, 0.25) is 18.1 Å². The molecular weight excluding hydrogens is 508 g/mol. The van der Waals surface area contributed by atoms with Gasteiger partial charge in [0.1, 0.15) is 9.11 Å². The van der Waals surface area contributed by atoms with E-state index < -0.39 is 46.9 Å². The number of carbonyl (C=O) groups is 2. The summed E-state index contributed by atoms with van der Waals surface area (Å²) in [5, 5.41) is 20.9. The molecule has 2 aliphatic heterocycles. The summed E-state index contributed by atoms with van der Waals surface area (Å²) in [5.41, 5.74) is 0.409. The molecule has 0 spiro atoms. The lowest BCUT2D eigenvalue weighted by Crippen LogP contribution is -2.71. The number of hydrogen-bond donors (Lipinski definition) is 1. The molecule has 4 atom stereocenters. The minimum Gasteiger partial charge on any atom is -0.477 e. The van der Waals surface area contributed by atoms with Crippen LogP contribution in [-0.2, 0) is 31.2 Å². The van der Waals surface area contributed by atoms with E-state index in [4.69, 9.17) is 4.43 Å². The van der Waals surface area contributed by atoms with Crippen molar-refractivity contribution in [2.24, 2.45) is 5.92 Å². The number of hydrogen-bond acceptors (Lipinski definition) is 7. The molecule has 1 saturated heterocycles. The summed E-state index contributed by atoms with van der Waals surface area (Å²) in [4.78, 5) is 36.5. The molecule has 1 aromatic carbocycles. The second-order valence-corrected chi connectivity index (χ2v) is 18.4. The zero-order valence-electron chi connectivity index (χ0n) is 21.0. The Balaban J connectivity index is 2.06. The van der Waals surface area contributed by atoms with E-state index in [1.54, 1.807) is 19.1 Å². The molecule has 0 bridgehead atoms. The zero-order chi connectivity index (χ0) is 26.5. The zero-order valence-corrected chi connectivity index (χ0v) is 23.6. The maximum absolute atomic E-state index is 13.5. The maximum atomic E-state index is 13.5. The molecule has 1 fully saturated rings. The molecule has 9 nitrogen and oxygen atoms in total. The highest BCUT2D eigenvalue weighted by molar-refractivity contribution is 8.17. The number of carboxylic acid groups (broad SMARTS) is 1. The van der Waals surface area contributed by atoms with Crippen LogP contribution in [0.15, 0.2) is 34.2 Å². The average molecular weight is 541 g/mol. The normalized spacial score (nSPS) is 24.1. The molecule has 0 aliphatic carbocycles. The first kappa shape index (κ1) is 27.6. The smallest absolute Gasteiger partial charge is 0.354 e. The number of β-lactam (4-membered cyclic amide) rings is 1. The van der Waals surface area contributed by atoms with Gasteiger partial charge in [0.2, 0.25) is 5.91 Å². The van der Waals surface area contributed by atoms with E-state index in [-0.39, 0.29) is 38.7 Å². The number of nitrogens with zero attached hydrogens (tertiary/aromatic N) is 2. The Bertz CT molecular complexity index is 1110. The molecule has 0 saturated carbocycles. The van der Waals surface area contributed by atoms with Gasteiger partial charge < -0.3 is 9.53 Å². The van der Waals surface area contributed by atoms with Gasteiger partial charge in [-0.1, -0.05) is 51.6 Å². The molecule has 1 N–H and O–H groups in total. The van der Waals surface area contributed by atoms with Gasteiger partial charge in [0.25, 0.3) is 5.69 Å². The largest absolute Gasteiger partial charge is 0.477 e. The van der Waals surface area contributed by atoms with Gasteiger partial charge in [-0.05, 0) is 30.6 Å². The lowest BCUT2D eigenvalue weighted by atomic mass is 9.78. The van der Waals surface area contributed by atoms with Crippen molar-refractivity contribution in [2.75, 3.05) is 5.75 Å². The molecule has 35 heavy (non-hydrogen) atoms. The van der Waals surface area contributed by atoms with E-state index in [1.165, 1.54) is 17.0 Å². The molecule has 0 radical (unpaired) electrons. The van der Waals surface area contributed by atoms with E-state index >= 15 is 0 Å². The van der Waals surface area contributed by atoms with Gasteiger partial charge in [-0.15, -0.1) is 0 Å². The van der Waals surface area contributed by atoms with Crippen LogP contribution in [0.25, 0.3) is 0 Å². The minimum absolute atomic E-state index is 0.0600. The number of nitro groups is 1. The molecule has 3 rings (SSSR count). The lowest BCUT2D eigenvalue weighted by molar-refractivity contribution is -0.384. The Morgan fingerprint density at radius 2 is 1.91 bits per heavy atom. The van der Waals surface area contributed by atoms with Crippen molar-refractivity contribution in [1.82, 2.24) is 4.90 Å². The fourth-order valence-corrected chi connectivity index (χ4v) is 9.06. The van der Waals surface area contributed by atoms with Crippen molar-refractivity contribution in [3.8, 4) is 0 Å².